The van der Waals surface area contributed by atoms with Gasteiger partial charge in [-0.2, -0.15) is 0 Å². The minimum atomic E-state index is -0.335. The lowest BCUT2D eigenvalue weighted by molar-refractivity contribution is 0.278. The number of hydrogen-bond donors (Lipinski definition) is 2. The quantitative estimate of drug-likeness (QED) is 0.737. The van der Waals surface area contributed by atoms with Crippen LogP contribution in [0.3, 0.4) is 0 Å². The minimum Gasteiger partial charge on any atom is -0.499 e. The molecule has 0 saturated heterocycles. The molecule has 1 heterocycles. The molecule has 2 rings (SSSR count). The topological polar surface area (TPSA) is 40.5 Å². The van der Waals surface area contributed by atoms with Gasteiger partial charge in [-0.1, -0.05) is 17.4 Å². The zero-order valence-electron chi connectivity index (χ0n) is 6.62. The average Bonchev–Trinajstić information content (AvgIpc) is 2.39. The standard InChI is InChI=1S/C9H7FO2S/c10-5-1-2-6-7(4-11)9(12)13-8(6)3-5/h1-3,11-12H,4H2. The molecule has 0 bridgehead atoms. The third-order valence-corrected chi connectivity index (χ3v) is 2.89. The molecule has 1 aromatic heterocycles. The van der Waals surface area contributed by atoms with E-state index in [-0.39, 0.29) is 17.5 Å². The van der Waals surface area contributed by atoms with Crippen molar-refractivity contribution in [1.29, 1.82) is 0 Å². The highest BCUT2D eigenvalue weighted by Crippen LogP contribution is 2.36. The van der Waals surface area contributed by atoms with Crippen LogP contribution in [0, 0.1) is 5.82 Å². The molecule has 68 valence electrons. The van der Waals surface area contributed by atoms with E-state index in [2.05, 4.69) is 0 Å². The number of thiophene rings is 1. The number of hydrogen-bond acceptors (Lipinski definition) is 3. The van der Waals surface area contributed by atoms with E-state index >= 15 is 0 Å². The summed E-state index contributed by atoms with van der Waals surface area (Å²) in [6, 6.07) is 4.22. The summed E-state index contributed by atoms with van der Waals surface area (Å²) in [6.45, 7) is -0.225. The predicted molar refractivity (Wildman–Crippen MR) is 49.4 cm³/mol. The van der Waals surface area contributed by atoms with Crippen molar-refractivity contribution in [2.24, 2.45) is 0 Å². The van der Waals surface area contributed by atoms with Crippen molar-refractivity contribution in [2.45, 2.75) is 6.61 Å². The maximum Gasteiger partial charge on any atom is 0.177 e. The number of halogens is 1. The van der Waals surface area contributed by atoms with Crippen LogP contribution >= 0.6 is 11.3 Å². The molecule has 0 radical (unpaired) electrons. The van der Waals surface area contributed by atoms with Gasteiger partial charge in [-0.25, -0.2) is 4.39 Å². The molecule has 4 heteroatoms. The molecule has 0 amide bonds. The second-order valence-corrected chi connectivity index (χ2v) is 3.72. The fourth-order valence-corrected chi connectivity index (χ4v) is 2.24. The van der Waals surface area contributed by atoms with Crippen LogP contribution in [-0.2, 0) is 6.61 Å². The molecule has 0 aliphatic rings. The van der Waals surface area contributed by atoms with Crippen molar-refractivity contribution in [3.8, 4) is 5.06 Å². The molecule has 0 spiro atoms. The Morgan fingerprint density at radius 1 is 1.38 bits per heavy atom. The highest BCUT2D eigenvalue weighted by Gasteiger charge is 2.10. The Balaban J connectivity index is 2.79. The fourth-order valence-electron chi connectivity index (χ4n) is 1.26. The third kappa shape index (κ3) is 1.28. The normalized spacial score (nSPS) is 10.9. The first-order valence-electron chi connectivity index (χ1n) is 3.73. The number of aromatic hydroxyl groups is 1. The first-order chi connectivity index (χ1) is 6.22. The maximum absolute atomic E-state index is 12.7. The smallest absolute Gasteiger partial charge is 0.177 e. The molecule has 0 fully saturated rings. The van der Waals surface area contributed by atoms with Crippen molar-refractivity contribution < 1.29 is 14.6 Å². The highest BCUT2D eigenvalue weighted by atomic mass is 32.1. The number of fused-ring (bicyclic) bond motifs is 1. The molecule has 0 aliphatic heterocycles. The van der Waals surface area contributed by atoms with Gasteiger partial charge in [0.2, 0.25) is 0 Å². The van der Waals surface area contributed by atoms with Gasteiger partial charge in [0.25, 0.3) is 0 Å². The number of aliphatic hydroxyl groups is 1. The Morgan fingerprint density at radius 2 is 2.15 bits per heavy atom. The predicted octanol–water partition coefficient (Wildman–Crippen LogP) is 2.24. The van der Waals surface area contributed by atoms with E-state index in [1.807, 2.05) is 0 Å². The van der Waals surface area contributed by atoms with E-state index < -0.39 is 0 Å². The van der Waals surface area contributed by atoms with Gasteiger partial charge in [0.05, 0.1) is 6.61 Å². The number of benzene rings is 1. The molecule has 1 aromatic carbocycles. The molecule has 2 aromatic rings. The summed E-state index contributed by atoms with van der Waals surface area (Å²) < 4.78 is 13.4. The average molecular weight is 198 g/mol. The summed E-state index contributed by atoms with van der Waals surface area (Å²) in [4.78, 5) is 0. The van der Waals surface area contributed by atoms with Crippen molar-refractivity contribution in [3.05, 3.63) is 29.6 Å². The molecule has 0 atom stereocenters. The van der Waals surface area contributed by atoms with E-state index in [9.17, 15) is 9.50 Å². The van der Waals surface area contributed by atoms with Gasteiger partial charge < -0.3 is 10.2 Å². The van der Waals surface area contributed by atoms with Crippen molar-refractivity contribution in [2.75, 3.05) is 0 Å². The fraction of sp³-hybridized carbons (Fsp3) is 0.111. The van der Waals surface area contributed by atoms with Crippen molar-refractivity contribution in [1.82, 2.24) is 0 Å². The first-order valence-corrected chi connectivity index (χ1v) is 4.55. The summed E-state index contributed by atoms with van der Waals surface area (Å²) in [6.07, 6.45) is 0. The van der Waals surface area contributed by atoms with E-state index in [1.165, 1.54) is 12.1 Å². The van der Waals surface area contributed by atoms with Crippen molar-refractivity contribution >= 4 is 21.4 Å². The largest absolute Gasteiger partial charge is 0.499 e. The molecular weight excluding hydrogens is 191 g/mol. The lowest BCUT2D eigenvalue weighted by Gasteiger charge is -1.93. The van der Waals surface area contributed by atoms with E-state index in [1.54, 1.807) is 6.07 Å². The van der Waals surface area contributed by atoms with Gasteiger partial charge in [-0.05, 0) is 12.1 Å². The van der Waals surface area contributed by atoms with Crippen LogP contribution in [0.5, 0.6) is 5.06 Å². The highest BCUT2D eigenvalue weighted by molar-refractivity contribution is 7.20. The van der Waals surface area contributed by atoms with E-state index in [0.717, 1.165) is 11.3 Å². The van der Waals surface area contributed by atoms with Crippen LogP contribution in [0.25, 0.3) is 10.1 Å². The van der Waals surface area contributed by atoms with Crippen LogP contribution in [0.15, 0.2) is 18.2 Å². The lowest BCUT2D eigenvalue weighted by atomic mass is 10.2. The molecule has 2 nitrogen and oxygen atoms in total. The van der Waals surface area contributed by atoms with Gasteiger partial charge in [-0.15, -0.1) is 0 Å². The zero-order valence-corrected chi connectivity index (χ0v) is 7.44. The molecule has 0 saturated carbocycles. The van der Waals surface area contributed by atoms with Crippen molar-refractivity contribution in [3.63, 3.8) is 0 Å². The number of rotatable bonds is 1. The van der Waals surface area contributed by atoms with Crippen LogP contribution in [0.2, 0.25) is 0 Å². The minimum absolute atomic E-state index is 0.0584. The summed E-state index contributed by atoms with van der Waals surface area (Å²) in [5.74, 6) is -0.335. The Kier molecular flexibility index (Phi) is 1.94. The third-order valence-electron chi connectivity index (χ3n) is 1.89. The monoisotopic (exact) mass is 198 g/mol. The van der Waals surface area contributed by atoms with Crippen LogP contribution in [0.1, 0.15) is 5.56 Å². The summed E-state index contributed by atoms with van der Waals surface area (Å²) in [7, 11) is 0. The van der Waals surface area contributed by atoms with Gasteiger partial charge in [0, 0.05) is 15.6 Å². The van der Waals surface area contributed by atoms with Crippen LogP contribution in [-0.4, -0.2) is 10.2 Å². The lowest BCUT2D eigenvalue weighted by Crippen LogP contribution is -1.80. The Morgan fingerprint density at radius 3 is 2.85 bits per heavy atom. The van der Waals surface area contributed by atoms with Gasteiger partial charge >= 0.3 is 0 Å². The zero-order chi connectivity index (χ0) is 9.42. The van der Waals surface area contributed by atoms with Gasteiger partial charge in [0.15, 0.2) is 5.06 Å². The number of aliphatic hydroxyl groups excluding tert-OH is 1. The second kappa shape index (κ2) is 2.97. The Hall–Kier alpha value is -1.13. The molecule has 0 aliphatic carbocycles. The molecule has 0 unspecified atom stereocenters. The SMILES string of the molecule is OCc1c(O)sc2cc(F)ccc12. The molecular formula is C9H7FO2S. The van der Waals surface area contributed by atoms with E-state index in [0.29, 0.717) is 15.6 Å². The summed E-state index contributed by atoms with van der Waals surface area (Å²) in [5, 5.41) is 19.1. The van der Waals surface area contributed by atoms with Crippen LogP contribution in [0.4, 0.5) is 4.39 Å². The van der Waals surface area contributed by atoms with Gasteiger partial charge in [0.1, 0.15) is 5.82 Å². The van der Waals surface area contributed by atoms with Gasteiger partial charge in [-0.3, -0.25) is 0 Å². The summed E-state index contributed by atoms with van der Waals surface area (Å²) in [5.41, 5.74) is 0.472. The van der Waals surface area contributed by atoms with Crippen LogP contribution < -0.4 is 0 Å². The summed E-state index contributed by atoms with van der Waals surface area (Å²) >= 11 is 1.07. The maximum atomic E-state index is 12.7. The van der Waals surface area contributed by atoms with E-state index in [4.69, 9.17) is 5.11 Å². The Labute approximate surface area is 77.9 Å². The molecule has 13 heavy (non-hydrogen) atoms. The Bertz CT molecular complexity index is 450. The first kappa shape index (κ1) is 8.47. The molecule has 2 N–H and O–H groups in total. The second-order valence-electron chi connectivity index (χ2n) is 2.68.